The maximum absolute atomic E-state index is 5.80. The highest BCUT2D eigenvalue weighted by molar-refractivity contribution is 5.41. The highest BCUT2D eigenvalue weighted by atomic mass is 15.3. The molecular weight excluding hydrogens is 264 g/mol. The van der Waals surface area contributed by atoms with Crippen LogP contribution < -0.4 is 16.0 Å². The molecule has 1 rings (SSSR count). The molecule has 0 radical (unpaired) electrons. The van der Waals surface area contributed by atoms with Gasteiger partial charge in [0, 0.05) is 19.6 Å². The van der Waals surface area contributed by atoms with E-state index in [4.69, 9.17) is 5.73 Å². The Bertz CT molecular complexity index is 420. The van der Waals surface area contributed by atoms with E-state index in [2.05, 4.69) is 66.7 Å². The third-order valence-corrected chi connectivity index (χ3v) is 3.90. The number of aromatic nitrogens is 3. The van der Waals surface area contributed by atoms with E-state index >= 15 is 0 Å². The Morgan fingerprint density at radius 2 is 1.57 bits per heavy atom. The van der Waals surface area contributed by atoms with E-state index in [1.807, 2.05) is 0 Å². The summed E-state index contributed by atoms with van der Waals surface area (Å²) in [5.41, 5.74) is 5.80. The summed E-state index contributed by atoms with van der Waals surface area (Å²) in [6.45, 7) is 15.7. The average Bonchev–Trinajstić information content (AvgIpc) is 2.39. The van der Waals surface area contributed by atoms with E-state index in [0.717, 1.165) is 19.6 Å². The fourth-order valence-electron chi connectivity index (χ4n) is 2.56. The minimum atomic E-state index is 0.264. The smallest absolute Gasteiger partial charge is 0.231 e. The van der Waals surface area contributed by atoms with Crippen LogP contribution in [0.1, 0.15) is 41.5 Å². The number of nitrogens with two attached hydrogens (primary N) is 1. The van der Waals surface area contributed by atoms with Gasteiger partial charge in [-0.1, -0.05) is 27.7 Å². The Balaban J connectivity index is 2.84. The minimum Gasteiger partial charge on any atom is -0.368 e. The largest absolute Gasteiger partial charge is 0.368 e. The molecule has 0 spiro atoms. The molecule has 6 heteroatoms. The molecule has 120 valence electrons. The van der Waals surface area contributed by atoms with Gasteiger partial charge in [-0.15, -0.1) is 0 Å². The summed E-state index contributed by atoms with van der Waals surface area (Å²) in [4.78, 5) is 14.9. The quantitative estimate of drug-likeness (QED) is 0.767. The van der Waals surface area contributed by atoms with Crippen molar-refractivity contribution in [3.63, 3.8) is 0 Å². The summed E-state index contributed by atoms with van der Waals surface area (Å²) in [7, 11) is 0. The van der Waals surface area contributed by atoms with Crippen LogP contribution in [-0.2, 0) is 0 Å². The van der Waals surface area contributed by atoms with Crippen molar-refractivity contribution in [1.82, 2.24) is 15.0 Å². The van der Waals surface area contributed by atoms with Crippen molar-refractivity contribution < 1.29 is 0 Å². The van der Waals surface area contributed by atoms with Gasteiger partial charge in [0.2, 0.25) is 17.8 Å². The molecule has 0 bridgehead atoms. The van der Waals surface area contributed by atoms with E-state index in [0.29, 0.717) is 29.7 Å². The molecule has 0 amide bonds. The van der Waals surface area contributed by atoms with E-state index in [1.165, 1.54) is 0 Å². The third-order valence-electron chi connectivity index (χ3n) is 3.90. The molecule has 0 unspecified atom stereocenters. The van der Waals surface area contributed by atoms with Gasteiger partial charge in [0.1, 0.15) is 0 Å². The molecule has 0 aliphatic heterocycles. The number of hydrogen-bond donors (Lipinski definition) is 2. The predicted octanol–water partition coefficient (Wildman–Crippen LogP) is 2.64. The van der Waals surface area contributed by atoms with Crippen molar-refractivity contribution in [1.29, 1.82) is 0 Å². The van der Waals surface area contributed by atoms with Gasteiger partial charge in [-0.25, -0.2) is 0 Å². The van der Waals surface area contributed by atoms with Gasteiger partial charge in [-0.3, -0.25) is 0 Å². The van der Waals surface area contributed by atoms with Gasteiger partial charge in [-0.2, -0.15) is 15.0 Å². The normalized spacial score (nSPS) is 11.5. The monoisotopic (exact) mass is 294 g/mol. The van der Waals surface area contributed by atoms with Gasteiger partial charge in [-0.05, 0) is 31.6 Å². The second-order valence-corrected chi connectivity index (χ2v) is 6.02. The second-order valence-electron chi connectivity index (χ2n) is 6.02. The van der Waals surface area contributed by atoms with Crippen LogP contribution in [0.15, 0.2) is 0 Å². The number of rotatable bonds is 8. The molecule has 1 heterocycles. The van der Waals surface area contributed by atoms with Crippen LogP contribution >= 0.6 is 0 Å². The Labute approximate surface area is 128 Å². The molecule has 1 aromatic rings. The summed E-state index contributed by atoms with van der Waals surface area (Å²) < 4.78 is 0. The Kier molecular flexibility index (Phi) is 6.65. The number of anilines is 3. The van der Waals surface area contributed by atoms with E-state index in [-0.39, 0.29) is 5.95 Å². The second kappa shape index (κ2) is 8.00. The lowest BCUT2D eigenvalue weighted by Gasteiger charge is -2.25. The highest BCUT2D eigenvalue weighted by Gasteiger charge is 2.18. The lowest BCUT2D eigenvalue weighted by atomic mass is 9.85. The first-order chi connectivity index (χ1) is 9.88. The van der Waals surface area contributed by atoms with Crippen LogP contribution in [0.2, 0.25) is 0 Å². The van der Waals surface area contributed by atoms with Gasteiger partial charge in [0.25, 0.3) is 0 Å². The third kappa shape index (κ3) is 5.02. The maximum Gasteiger partial charge on any atom is 0.231 e. The Morgan fingerprint density at radius 3 is 2.05 bits per heavy atom. The Morgan fingerprint density at radius 1 is 1.00 bits per heavy atom. The Hall–Kier alpha value is -1.59. The molecule has 1 aromatic heterocycles. The average molecular weight is 294 g/mol. The van der Waals surface area contributed by atoms with Crippen LogP contribution in [0.3, 0.4) is 0 Å². The lowest BCUT2D eigenvalue weighted by molar-refractivity contribution is 0.304. The molecule has 0 saturated heterocycles. The van der Waals surface area contributed by atoms with Gasteiger partial charge >= 0.3 is 0 Å². The zero-order valence-corrected chi connectivity index (χ0v) is 14.2. The van der Waals surface area contributed by atoms with Crippen LogP contribution in [-0.4, -0.2) is 34.6 Å². The van der Waals surface area contributed by atoms with Crippen LogP contribution in [0.4, 0.5) is 17.8 Å². The standard InChI is InChI=1S/C15H30N6/c1-7-21(8-2)15-19-13(16)18-14(20-15)17-9-12(10(3)4)11(5)6/h10-12H,7-9H2,1-6H3,(H3,16,17,18,19,20). The van der Waals surface area contributed by atoms with Gasteiger partial charge in [0.15, 0.2) is 0 Å². The van der Waals surface area contributed by atoms with Crippen molar-refractivity contribution in [3.05, 3.63) is 0 Å². The first kappa shape index (κ1) is 17.5. The van der Waals surface area contributed by atoms with E-state index < -0.39 is 0 Å². The molecule has 0 atom stereocenters. The fraction of sp³-hybridized carbons (Fsp3) is 0.800. The zero-order chi connectivity index (χ0) is 16.0. The zero-order valence-electron chi connectivity index (χ0n) is 14.2. The molecule has 3 N–H and O–H groups in total. The molecule has 21 heavy (non-hydrogen) atoms. The fourth-order valence-corrected chi connectivity index (χ4v) is 2.56. The molecule has 0 saturated carbocycles. The number of hydrogen-bond acceptors (Lipinski definition) is 6. The molecule has 0 fully saturated rings. The van der Waals surface area contributed by atoms with Crippen LogP contribution in [0.5, 0.6) is 0 Å². The van der Waals surface area contributed by atoms with Gasteiger partial charge < -0.3 is 16.0 Å². The van der Waals surface area contributed by atoms with Crippen molar-refractivity contribution in [2.75, 3.05) is 35.6 Å². The molecule has 0 aliphatic carbocycles. The molecular formula is C15H30N6. The molecule has 6 nitrogen and oxygen atoms in total. The topological polar surface area (TPSA) is 80.0 Å². The van der Waals surface area contributed by atoms with Crippen molar-refractivity contribution in [2.45, 2.75) is 41.5 Å². The highest BCUT2D eigenvalue weighted by Crippen LogP contribution is 2.21. The summed E-state index contributed by atoms with van der Waals surface area (Å²) in [6, 6.07) is 0. The van der Waals surface area contributed by atoms with Crippen molar-refractivity contribution in [2.24, 2.45) is 17.8 Å². The molecule has 0 aromatic carbocycles. The van der Waals surface area contributed by atoms with Gasteiger partial charge in [0.05, 0.1) is 0 Å². The lowest BCUT2D eigenvalue weighted by Crippen LogP contribution is -2.27. The first-order valence-corrected chi connectivity index (χ1v) is 7.89. The summed E-state index contributed by atoms with van der Waals surface area (Å²) in [5.74, 6) is 3.26. The number of nitrogen functional groups attached to an aromatic ring is 1. The number of nitrogens with zero attached hydrogens (tertiary/aromatic N) is 4. The van der Waals surface area contributed by atoms with E-state index in [1.54, 1.807) is 0 Å². The summed E-state index contributed by atoms with van der Waals surface area (Å²) in [6.07, 6.45) is 0. The van der Waals surface area contributed by atoms with Crippen LogP contribution in [0, 0.1) is 17.8 Å². The summed E-state index contributed by atoms with van der Waals surface area (Å²) >= 11 is 0. The van der Waals surface area contributed by atoms with Crippen LogP contribution in [0.25, 0.3) is 0 Å². The predicted molar refractivity (Wildman–Crippen MR) is 89.5 cm³/mol. The number of nitrogens with one attached hydrogen (secondary N) is 1. The SMILES string of the molecule is CCN(CC)c1nc(N)nc(NCC(C(C)C)C(C)C)n1. The summed E-state index contributed by atoms with van der Waals surface area (Å²) in [5, 5.41) is 3.32. The van der Waals surface area contributed by atoms with E-state index in [9.17, 15) is 0 Å². The van der Waals surface area contributed by atoms with Crippen molar-refractivity contribution in [3.8, 4) is 0 Å². The maximum atomic E-state index is 5.80. The van der Waals surface area contributed by atoms with Crippen molar-refractivity contribution >= 4 is 17.8 Å². The minimum absolute atomic E-state index is 0.264. The molecule has 0 aliphatic rings. The first-order valence-electron chi connectivity index (χ1n) is 7.89.